The van der Waals surface area contributed by atoms with Gasteiger partial charge in [-0.3, -0.25) is 0 Å². The minimum absolute atomic E-state index is 0.156. The Balaban J connectivity index is 2.94. The smallest absolute Gasteiger partial charge is 0.236 e. The maximum Gasteiger partial charge on any atom is 0.236 e. The maximum atomic E-state index is 5.83. The highest BCUT2D eigenvalue weighted by Crippen LogP contribution is 2.23. The summed E-state index contributed by atoms with van der Waals surface area (Å²) in [5, 5.41) is 8.18. The van der Waals surface area contributed by atoms with Gasteiger partial charge in [-0.15, -0.1) is 10.2 Å². The van der Waals surface area contributed by atoms with Crippen molar-refractivity contribution in [2.45, 2.75) is 40.2 Å². The summed E-state index contributed by atoms with van der Waals surface area (Å²) in [4.78, 5) is 0. The molecule has 1 aromatic heterocycles. The SMILES string of the molecule is CCC(C)Oc1nnc(Cl)c(C)c1C. The number of hydrogen-bond acceptors (Lipinski definition) is 3. The van der Waals surface area contributed by atoms with Gasteiger partial charge in [-0.05, 0) is 32.8 Å². The highest BCUT2D eigenvalue weighted by atomic mass is 35.5. The monoisotopic (exact) mass is 214 g/mol. The van der Waals surface area contributed by atoms with Gasteiger partial charge in [0.05, 0.1) is 6.10 Å². The van der Waals surface area contributed by atoms with E-state index >= 15 is 0 Å². The summed E-state index contributed by atoms with van der Waals surface area (Å²) in [5.74, 6) is 0.584. The van der Waals surface area contributed by atoms with E-state index in [2.05, 4.69) is 17.1 Å². The van der Waals surface area contributed by atoms with Crippen molar-refractivity contribution in [1.29, 1.82) is 0 Å². The Morgan fingerprint density at radius 2 is 1.93 bits per heavy atom. The lowest BCUT2D eigenvalue weighted by atomic mass is 10.2. The van der Waals surface area contributed by atoms with Gasteiger partial charge in [0, 0.05) is 5.56 Å². The van der Waals surface area contributed by atoms with Gasteiger partial charge in [0.25, 0.3) is 0 Å². The van der Waals surface area contributed by atoms with Crippen LogP contribution in [0.4, 0.5) is 0 Å². The summed E-state index contributed by atoms with van der Waals surface area (Å²) in [6.07, 6.45) is 1.10. The molecule has 0 aliphatic heterocycles. The molecule has 3 nitrogen and oxygen atoms in total. The standard InChI is InChI=1S/C10H15ClN2O/c1-5-6(2)14-10-8(4)7(3)9(11)12-13-10/h6H,5H2,1-4H3. The molecular formula is C10H15ClN2O. The summed E-state index contributed by atoms with van der Waals surface area (Å²) in [6, 6.07) is 0. The van der Waals surface area contributed by atoms with E-state index in [0.717, 1.165) is 17.5 Å². The van der Waals surface area contributed by atoms with E-state index in [9.17, 15) is 0 Å². The average molecular weight is 215 g/mol. The Labute approximate surface area is 89.4 Å². The van der Waals surface area contributed by atoms with Crippen LogP contribution in [-0.2, 0) is 0 Å². The van der Waals surface area contributed by atoms with Gasteiger partial charge in [0.2, 0.25) is 5.88 Å². The van der Waals surface area contributed by atoms with Crippen molar-refractivity contribution < 1.29 is 4.74 Å². The second-order valence-corrected chi connectivity index (χ2v) is 3.74. The summed E-state index contributed by atoms with van der Waals surface area (Å²) in [5.41, 5.74) is 1.89. The van der Waals surface area contributed by atoms with Gasteiger partial charge in [0.15, 0.2) is 5.15 Å². The number of hydrogen-bond donors (Lipinski definition) is 0. The van der Waals surface area contributed by atoms with Crippen molar-refractivity contribution in [1.82, 2.24) is 10.2 Å². The lowest BCUT2D eigenvalue weighted by molar-refractivity contribution is 0.204. The van der Waals surface area contributed by atoms with Gasteiger partial charge in [-0.25, -0.2) is 0 Å². The molecule has 0 spiro atoms. The number of rotatable bonds is 3. The van der Waals surface area contributed by atoms with Gasteiger partial charge in [-0.1, -0.05) is 18.5 Å². The maximum absolute atomic E-state index is 5.83. The van der Waals surface area contributed by atoms with Crippen LogP contribution in [0.5, 0.6) is 5.88 Å². The second-order valence-electron chi connectivity index (χ2n) is 3.38. The fraction of sp³-hybridized carbons (Fsp3) is 0.600. The van der Waals surface area contributed by atoms with E-state index < -0.39 is 0 Å². The minimum Gasteiger partial charge on any atom is -0.473 e. The third-order valence-corrected chi connectivity index (χ3v) is 2.67. The van der Waals surface area contributed by atoms with Crippen molar-refractivity contribution in [3.63, 3.8) is 0 Å². The Morgan fingerprint density at radius 3 is 2.50 bits per heavy atom. The minimum atomic E-state index is 0.156. The van der Waals surface area contributed by atoms with E-state index in [-0.39, 0.29) is 6.10 Å². The Bertz CT molecular complexity index is 328. The first kappa shape index (κ1) is 11.2. The zero-order valence-corrected chi connectivity index (χ0v) is 9.72. The van der Waals surface area contributed by atoms with Crippen LogP contribution in [0.1, 0.15) is 31.4 Å². The summed E-state index contributed by atoms with van der Waals surface area (Å²) >= 11 is 5.83. The first-order chi connectivity index (χ1) is 6.56. The van der Waals surface area contributed by atoms with Gasteiger partial charge >= 0.3 is 0 Å². The van der Waals surface area contributed by atoms with E-state index in [1.54, 1.807) is 0 Å². The van der Waals surface area contributed by atoms with Gasteiger partial charge in [0.1, 0.15) is 0 Å². The van der Waals surface area contributed by atoms with Gasteiger partial charge < -0.3 is 4.74 Å². The Kier molecular flexibility index (Phi) is 3.69. The molecule has 14 heavy (non-hydrogen) atoms. The van der Waals surface area contributed by atoms with E-state index in [0.29, 0.717) is 11.0 Å². The normalized spacial score (nSPS) is 12.6. The first-order valence-corrected chi connectivity index (χ1v) is 5.10. The molecule has 1 unspecified atom stereocenters. The molecule has 0 aliphatic carbocycles. The zero-order valence-electron chi connectivity index (χ0n) is 8.97. The summed E-state index contributed by atoms with van der Waals surface area (Å²) in [7, 11) is 0. The quantitative estimate of drug-likeness (QED) is 0.776. The van der Waals surface area contributed by atoms with Crippen molar-refractivity contribution in [3.05, 3.63) is 16.3 Å². The molecule has 1 atom stereocenters. The van der Waals surface area contributed by atoms with Crippen LogP contribution in [0.15, 0.2) is 0 Å². The highest BCUT2D eigenvalue weighted by molar-refractivity contribution is 6.30. The summed E-state index contributed by atoms with van der Waals surface area (Å²) < 4.78 is 5.60. The molecule has 0 aromatic carbocycles. The predicted octanol–water partition coefficient (Wildman–Crippen LogP) is 2.92. The molecule has 1 rings (SSSR count). The highest BCUT2D eigenvalue weighted by Gasteiger charge is 2.11. The van der Waals surface area contributed by atoms with Gasteiger partial charge in [-0.2, -0.15) is 0 Å². The van der Waals surface area contributed by atoms with Crippen molar-refractivity contribution >= 4 is 11.6 Å². The number of halogens is 1. The van der Waals surface area contributed by atoms with Crippen molar-refractivity contribution in [2.75, 3.05) is 0 Å². The largest absolute Gasteiger partial charge is 0.473 e. The molecule has 0 radical (unpaired) electrons. The fourth-order valence-corrected chi connectivity index (χ4v) is 1.12. The first-order valence-electron chi connectivity index (χ1n) is 4.72. The molecule has 0 N–H and O–H groups in total. The Morgan fingerprint density at radius 1 is 1.29 bits per heavy atom. The molecule has 0 saturated heterocycles. The number of nitrogens with zero attached hydrogens (tertiary/aromatic N) is 2. The molecule has 0 aliphatic rings. The van der Waals surface area contributed by atoms with Crippen LogP contribution < -0.4 is 4.74 Å². The van der Waals surface area contributed by atoms with E-state index in [4.69, 9.17) is 16.3 Å². The van der Waals surface area contributed by atoms with Crippen LogP contribution in [0.2, 0.25) is 5.15 Å². The lowest BCUT2D eigenvalue weighted by Gasteiger charge is -2.14. The molecule has 0 bridgehead atoms. The van der Waals surface area contributed by atoms with Crippen LogP contribution in [0.25, 0.3) is 0 Å². The molecule has 0 fully saturated rings. The van der Waals surface area contributed by atoms with Crippen LogP contribution in [0, 0.1) is 13.8 Å². The molecule has 0 saturated carbocycles. The zero-order chi connectivity index (χ0) is 10.7. The molecule has 1 aromatic rings. The molecule has 78 valence electrons. The average Bonchev–Trinajstić information content (AvgIpc) is 2.19. The topological polar surface area (TPSA) is 35.0 Å². The predicted molar refractivity (Wildman–Crippen MR) is 56.9 cm³/mol. The van der Waals surface area contributed by atoms with Crippen molar-refractivity contribution in [3.8, 4) is 5.88 Å². The number of aromatic nitrogens is 2. The molecular weight excluding hydrogens is 200 g/mol. The second kappa shape index (κ2) is 4.60. The van der Waals surface area contributed by atoms with Crippen molar-refractivity contribution in [2.24, 2.45) is 0 Å². The van der Waals surface area contributed by atoms with E-state index in [1.807, 2.05) is 20.8 Å². The third-order valence-electron chi connectivity index (χ3n) is 2.31. The lowest BCUT2D eigenvalue weighted by Crippen LogP contribution is -2.12. The summed E-state index contributed by atoms with van der Waals surface area (Å²) in [6.45, 7) is 7.92. The third kappa shape index (κ3) is 2.35. The van der Waals surface area contributed by atoms with Crippen LogP contribution >= 0.6 is 11.6 Å². The van der Waals surface area contributed by atoms with Crippen LogP contribution in [-0.4, -0.2) is 16.3 Å². The molecule has 0 amide bonds. The Hall–Kier alpha value is -0.830. The van der Waals surface area contributed by atoms with E-state index in [1.165, 1.54) is 0 Å². The molecule has 1 heterocycles. The number of ether oxygens (including phenoxy) is 1. The molecule has 4 heteroatoms. The van der Waals surface area contributed by atoms with Crippen LogP contribution in [0.3, 0.4) is 0 Å². The fourth-order valence-electron chi connectivity index (χ4n) is 0.940.